The van der Waals surface area contributed by atoms with Gasteiger partial charge in [-0.15, -0.1) is 0 Å². The van der Waals surface area contributed by atoms with Gasteiger partial charge >= 0.3 is 0 Å². The smallest absolute Gasteiger partial charge is 0.151 e. The number of aromatic hydroxyl groups is 1. The number of phenols is 1. The number of anilines is 2. The van der Waals surface area contributed by atoms with Crippen LogP contribution in [0.25, 0.3) is 22.2 Å². The molecule has 0 aliphatic carbocycles. The van der Waals surface area contributed by atoms with Crippen molar-refractivity contribution in [3.05, 3.63) is 47.8 Å². The number of piperazine rings is 1. The van der Waals surface area contributed by atoms with Crippen molar-refractivity contribution in [3.63, 3.8) is 0 Å². The van der Waals surface area contributed by atoms with E-state index < -0.39 is 0 Å². The Kier molecular flexibility index (Phi) is 5.30. The number of hydrogen-bond acceptors (Lipinski definition) is 6. The fourth-order valence-electron chi connectivity index (χ4n) is 4.12. The fourth-order valence-corrected chi connectivity index (χ4v) is 4.12. The number of hydrogen-bond donors (Lipinski definition) is 3. The van der Waals surface area contributed by atoms with E-state index in [1.807, 2.05) is 12.1 Å². The zero-order chi connectivity index (χ0) is 21.4. The Morgan fingerprint density at radius 2 is 1.93 bits per heavy atom. The average molecular weight is 407 g/mol. The van der Waals surface area contributed by atoms with E-state index in [1.165, 1.54) is 6.07 Å². The molecule has 1 saturated heterocycles. The van der Waals surface area contributed by atoms with Gasteiger partial charge in [-0.25, -0.2) is 9.37 Å². The van der Waals surface area contributed by atoms with Gasteiger partial charge in [0.05, 0.1) is 5.69 Å². The van der Waals surface area contributed by atoms with Gasteiger partial charge in [0.1, 0.15) is 11.3 Å². The van der Waals surface area contributed by atoms with Gasteiger partial charge in [0.25, 0.3) is 0 Å². The molecule has 7 heteroatoms. The van der Waals surface area contributed by atoms with Crippen LogP contribution >= 0.6 is 0 Å². The van der Waals surface area contributed by atoms with Crippen LogP contribution in [0.15, 0.2) is 41.4 Å². The molecule has 1 aliphatic rings. The van der Waals surface area contributed by atoms with Crippen LogP contribution in [0.5, 0.6) is 5.75 Å². The lowest BCUT2D eigenvalue weighted by molar-refractivity contribution is 0.407. The first-order valence-corrected chi connectivity index (χ1v) is 10.0. The molecule has 4 rings (SSSR count). The molecule has 1 fully saturated rings. The van der Waals surface area contributed by atoms with E-state index in [1.54, 1.807) is 31.5 Å². The highest BCUT2D eigenvalue weighted by Crippen LogP contribution is 2.34. The molecule has 1 aromatic heterocycles. The number of phenolic OH excluding ortho intramolecular Hbond substituents is 1. The first-order chi connectivity index (χ1) is 14.4. The molecule has 2 aromatic carbocycles. The quantitative estimate of drug-likeness (QED) is 0.456. The average Bonchev–Trinajstić information content (AvgIpc) is 2.69. The second kappa shape index (κ2) is 7.91. The molecule has 3 aromatic rings. The first-order valence-electron chi connectivity index (χ1n) is 10.0. The zero-order valence-corrected chi connectivity index (χ0v) is 17.4. The van der Waals surface area contributed by atoms with Crippen molar-refractivity contribution in [3.8, 4) is 17.0 Å². The van der Waals surface area contributed by atoms with E-state index in [4.69, 9.17) is 5.73 Å². The van der Waals surface area contributed by atoms with E-state index in [0.717, 1.165) is 24.2 Å². The maximum atomic E-state index is 15.0. The van der Waals surface area contributed by atoms with Gasteiger partial charge in [0, 0.05) is 72.4 Å². The van der Waals surface area contributed by atoms with E-state index in [-0.39, 0.29) is 17.1 Å². The maximum Gasteiger partial charge on any atom is 0.151 e. The van der Waals surface area contributed by atoms with Crippen molar-refractivity contribution in [2.75, 3.05) is 30.8 Å². The summed E-state index contributed by atoms with van der Waals surface area (Å²) in [6.45, 7) is 5.90. The van der Waals surface area contributed by atoms with Gasteiger partial charge in [-0.1, -0.05) is 6.07 Å². The summed E-state index contributed by atoms with van der Waals surface area (Å²) in [7, 11) is 1.65. The van der Waals surface area contributed by atoms with Gasteiger partial charge in [0.15, 0.2) is 5.82 Å². The normalized spacial score (nSPS) is 19.7. The summed E-state index contributed by atoms with van der Waals surface area (Å²) in [5, 5.41) is 14.6. The number of aromatic nitrogens is 1. The maximum absolute atomic E-state index is 15.0. The molecule has 1 aliphatic heterocycles. The summed E-state index contributed by atoms with van der Waals surface area (Å²) in [6.07, 6.45) is 1.61. The monoisotopic (exact) mass is 407 g/mol. The number of benzene rings is 2. The molecule has 2 unspecified atom stereocenters. The van der Waals surface area contributed by atoms with Crippen molar-refractivity contribution in [1.82, 2.24) is 10.3 Å². The second-order valence-corrected chi connectivity index (χ2v) is 7.96. The predicted molar refractivity (Wildman–Crippen MR) is 121 cm³/mol. The van der Waals surface area contributed by atoms with Crippen molar-refractivity contribution >= 4 is 28.5 Å². The van der Waals surface area contributed by atoms with Gasteiger partial charge < -0.3 is 21.1 Å². The minimum atomic E-state index is -0.381. The van der Waals surface area contributed by atoms with E-state index in [0.29, 0.717) is 34.6 Å². The Balaban J connectivity index is 1.76. The minimum absolute atomic E-state index is 0.00609. The number of pyridine rings is 1. The molecule has 4 N–H and O–H groups in total. The van der Waals surface area contributed by atoms with Gasteiger partial charge in [-0.3, -0.25) is 4.99 Å². The van der Waals surface area contributed by atoms with Gasteiger partial charge in [-0.05, 0) is 38.1 Å². The molecule has 0 saturated carbocycles. The highest BCUT2D eigenvalue weighted by Gasteiger charge is 2.22. The molecule has 0 spiro atoms. The number of aliphatic imine (C=N–C) groups is 1. The van der Waals surface area contributed by atoms with Crippen molar-refractivity contribution < 1.29 is 9.50 Å². The summed E-state index contributed by atoms with van der Waals surface area (Å²) in [5.41, 5.74) is 9.10. The molecule has 0 bridgehead atoms. The highest BCUT2D eigenvalue weighted by atomic mass is 19.1. The van der Waals surface area contributed by atoms with E-state index in [9.17, 15) is 5.11 Å². The van der Waals surface area contributed by atoms with Crippen LogP contribution in [0.4, 0.5) is 15.8 Å². The molecule has 0 amide bonds. The number of rotatable bonds is 3. The summed E-state index contributed by atoms with van der Waals surface area (Å²) in [5.74, 6) is -0.387. The molecular formula is C23H26FN5O. The van der Waals surface area contributed by atoms with Crippen molar-refractivity contribution in [1.29, 1.82) is 0 Å². The van der Waals surface area contributed by atoms with Crippen LogP contribution < -0.4 is 16.0 Å². The van der Waals surface area contributed by atoms with Crippen LogP contribution in [0.1, 0.15) is 19.4 Å². The third-order valence-electron chi connectivity index (χ3n) is 5.40. The topological polar surface area (TPSA) is 86.8 Å². The summed E-state index contributed by atoms with van der Waals surface area (Å²) in [4.78, 5) is 10.7. The third-order valence-corrected chi connectivity index (χ3v) is 5.40. The van der Waals surface area contributed by atoms with Crippen molar-refractivity contribution in [2.45, 2.75) is 25.9 Å². The lowest BCUT2D eigenvalue weighted by Gasteiger charge is -2.37. The first kappa shape index (κ1) is 20.1. The summed E-state index contributed by atoms with van der Waals surface area (Å²) >= 11 is 0. The number of nitrogens with two attached hydrogens (primary N) is 1. The van der Waals surface area contributed by atoms with Crippen LogP contribution in [-0.4, -0.2) is 48.5 Å². The second-order valence-electron chi connectivity index (χ2n) is 7.96. The number of nitrogen functional groups attached to an aromatic ring is 1. The van der Waals surface area contributed by atoms with E-state index in [2.05, 4.69) is 34.0 Å². The molecule has 156 valence electrons. The molecule has 2 atom stereocenters. The predicted octanol–water partition coefficient (Wildman–Crippen LogP) is 3.56. The number of nitrogens with zero attached hydrogens (tertiary/aromatic N) is 3. The standard InChI is InChI=1S/C23H26FN5O/c1-13-11-29(12-14(2)27-13)17-6-15-4-5-21(28-23(15)19(24)8-17)18-7-16(10-26-3)20(25)9-22(18)30/h4-10,13-14,27,30H,11-12,25H2,1-3H3. The molecule has 30 heavy (non-hydrogen) atoms. The highest BCUT2D eigenvalue weighted by molar-refractivity contribution is 5.92. The van der Waals surface area contributed by atoms with Crippen molar-refractivity contribution in [2.24, 2.45) is 4.99 Å². The largest absolute Gasteiger partial charge is 0.507 e. The Bertz CT molecular complexity index is 1120. The zero-order valence-electron chi connectivity index (χ0n) is 17.4. The Labute approximate surface area is 175 Å². The SMILES string of the molecule is CN=Cc1cc(-c2ccc3cc(N4CC(C)NC(C)C4)cc(F)c3n2)c(O)cc1N. The van der Waals surface area contributed by atoms with Gasteiger partial charge in [-0.2, -0.15) is 0 Å². The Morgan fingerprint density at radius 3 is 2.63 bits per heavy atom. The number of fused-ring (bicyclic) bond motifs is 1. The number of nitrogens with one attached hydrogen (secondary N) is 1. The van der Waals surface area contributed by atoms with E-state index >= 15 is 4.39 Å². The van der Waals surface area contributed by atoms with Crippen LogP contribution in [0, 0.1) is 5.82 Å². The molecule has 2 heterocycles. The van der Waals surface area contributed by atoms with Gasteiger partial charge in [0.2, 0.25) is 0 Å². The summed E-state index contributed by atoms with van der Waals surface area (Å²) < 4.78 is 15.0. The molecule has 0 radical (unpaired) electrons. The van der Waals surface area contributed by atoms with Crippen LogP contribution in [0.2, 0.25) is 0 Å². The Hall–Kier alpha value is -3.19. The lowest BCUT2D eigenvalue weighted by atomic mass is 10.0. The van der Waals surface area contributed by atoms with Crippen LogP contribution in [-0.2, 0) is 0 Å². The Morgan fingerprint density at radius 1 is 1.20 bits per heavy atom. The third kappa shape index (κ3) is 3.80. The lowest BCUT2D eigenvalue weighted by Crippen LogP contribution is -2.54. The summed E-state index contributed by atoms with van der Waals surface area (Å²) in [6, 6.07) is 11.0. The number of halogens is 1. The fraction of sp³-hybridized carbons (Fsp3) is 0.304. The molecular weight excluding hydrogens is 381 g/mol. The molecule has 6 nitrogen and oxygen atoms in total. The minimum Gasteiger partial charge on any atom is -0.507 e. The van der Waals surface area contributed by atoms with Crippen LogP contribution in [0.3, 0.4) is 0 Å².